The van der Waals surface area contributed by atoms with Crippen molar-refractivity contribution in [1.82, 2.24) is 10.2 Å². The molecular weight excluding hydrogens is 282 g/mol. The highest BCUT2D eigenvalue weighted by molar-refractivity contribution is 5.98. The van der Waals surface area contributed by atoms with Gasteiger partial charge >= 0.3 is 5.97 Å². The molecule has 108 valence electrons. The van der Waals surface area contributed by atoms with Gasteiger partial charge in [0.1, 0.15) is 22.9 Å². The van der Waals surface area contributed by atoms with Gasteiger partial charge in [-0.3, -0.25) is 5.10 Å². The van der Waals surface area contributed by atoms with Crippen molar-refractivity contribution >= 4 is 23.0 Å². The number of ether oxygens (including phenoxy) is 1. The minimum Gasteiger partial charge on any atom is -0.465 e. The van der Waals surface area contributed by atoms with Gasteiger partial charge in [-0.15, -0.1) is 0 Å². The lowest BCUT2D eigenvalue weighted by Gasteiger charge is -1.97. The molecule has 2 aromatic heterocycles. The summed E-state index contributed by atoms with van der Waals surface area (Å²) >= 11 is 0. The van der Waals surface area contributed by atoms with Crippen LogP contribution >= 0.6 is 0 Å². The molecule has 0 saturated heterocycles. The molecule has 1 N–H and O–H groups in total. The Bertz CT molecular complexity index is 879. The second kappa shape index (κ2) is 5.58. The number of hydrogen-bond acceptors (Lipinski definition) is 5. The van der Waals surface area contributed by atoms with Crippen LogP contribution < -0.4 is 0 Å². The average Bonchev–Trinajstić information content (AvgIpc) is 3.17. The number of aromatic nitrogens is 2. The van der Waals surface area contributed by atoms with Crippen LogP contribution in [0.1, 0.15) is 5.56 Å². The minimum atomic E-state index is -0.695. The molecule has 0 atom stereocenters. The number of nitriles is 1. The number of hydrogen-bond donors (Lipinski definition) is 1. The van der Waals surface area contributed by atoms with Crippen LogP contribution in [0.2, 0.25) is 0 Å². The predicted octanol–water partition coefficient (Wildman–Crippen LogP) is 2.90. The molecule has 22 heavy (non-hydrogen) atoms. The van der Waals surface area contributed by atoms with Crippen LogP contribution in [0.4, 0.5) is 0 Å². The summed E-state index contributed by atoms with van der Waals surface area (Å²) in [6, 6.07) is 11.3. The van der Waals surface area contributed by atoms with Gasteiger partial charge in [-0.2, -0.15) is 10.4 Å². The molecule has 6 heteroatoms. The summed E-state index contributed by atoms with van der Waals surface area (Å²) in [6.07, 6.45) is 2.93. The summed E-state index contributed by atoms with van der Waals surface area (Å²) in [5.41, 5.74) is 1.80. The van der Waals surface area contributed by atoms with E-state index in [0.29, 0.717) is 17.0 Å². The molecule has 0 unspecified atom stereocenters. The molecule has 0 fully saturated rings. The number of carbonyl (C=O) groups is 1. The fraction of sp³-hybridized carbons (Fsp3) is 0.0625. The standard InChI is InChI=1S/C16H11N3O3/c1-21-16(20)11(8-17)6-12-9-18-19-15(12)14-7-10-4-2-3-5-13(10)22-14/h2-7,9H,1H3,(H,18,19)/b11-6+. The number of furan rings is 1. The monoisotopic (exact) mass is 293 g/mol. The van der Waals surface area contributed by atoms with Gasteiger partial charge in [0.05, 0.1) is 13.3 Å². The summed E-state index contributed by atoms with van der Waals surface area (Å²) in [4.78, 5) is 11.5. The Morgan fingerprint density at radius 1 is 1.45 bits per heavy atom. The number of H-pyrrole nitrogens is 1. The van der Waals surface area contributed by atoms with Crippen molar-refractivity contribution in [2.75, 3.05) is 7.11 Å². The number of rotatable bonds is 3. The van der Waals surface area contributed by atoms with Crippen LogP contribution in [0.3, 0.4) is 0 Å². The lowest BCUT2D eigenvalue weighted by Crippen LogP contribution is -2.02. The lowest BCUT2D eigenvalue weighted by molar-refractivity contribution is -0.135. The second-order valence-electron chi connectivity index (χ2n) is 4.51. The highest BCUT2D eigenvalue weighted by Gasteiger charge is 2.15. The molecule has 0 saturated carbocycles. The number of benzene rings is 1. The van der Waals surface area contributed by atoms with Gasteiger partial charge in [-0.1, -0.05) is 18.2 Å². The summed E-state index contributed by atoms with van der Waals surface area (Å²) in [5, 5.41) is 16.8. The summed E-state index contributed by atoms with van der Waals surface area (Å²) in [7, 11) is 1.23. The molecule has 0 amide bonds. The Labute approximate surface area is 125 Å². The van der Waals surface area contributed by atoms with Crippen molar-refractivity contribution in [3.8, 4) is 17.5 Å². The molecule has 0 aliphatic heterocycles. The first-order chi connectivity index (χ1) is 10.7. The molecule has 0 aliphatic carbocycles. The molecule has 0 bridgehead atoms. The number of nitrogens with one attached hydrogen (secondary N) is 1. The smallest absolute Gasteiger partial charge is 0.348 e. The third-order valence-corrected chi connectivity index (χ3v) is 3.17. The number of aromatic amines is 1. The quantitative estimate of drug-likeness (QED) is 0.455. The van der Waals surface area contributed by atoms with Gasteiger partial charge in [-0.25, -0.2) is 4.79 Å². The zero-order chi connectivity index (χ0) is 15.5. The fourth-order valence-corrected chi connectivity index (χ4v) is 2.11. The maximum atomic E-state index is 11.5. The first-order valence-corrected chi connectivity index (χ1v) is 6.45. The topological polar surface area (TPSA) is 91.9 Å². The average molecular weight is 293 g/mol. The van der Waals surface area contributed by atoms with Crippen LogP contribution in [0.5, 0.6) is 0 Å². The minimum absolute atomic E-state index is 0.110. The normalized spacial score (nSPS) is 11.4. The molecule has 0 radical (unpaired) electrons. The highest BCUT2D eigenvalue weighted by atomic mass is 16.5. The lowest BCUT2D eigenvalue weighted by atomic mass is 10.1. The van der Waals surface area contributed by atoms with Crippen LogP contribution in [0, 0.1) is 11.3 Å². The summed E-state index contributed by atoms with van der Waals surface area (Å²) in [6.45, 7) is 0. The molecule has 0 spiro atoms. The number of methoxy groups -OCH3 is 1. The van der Waals surface area contributed by atoms with Crippen molar-refractivity contribution in [3.05, 3.63) is 47.7 Å². The van der Waals surface area contributed by atoms with E-state index in [4.69, 9.17) is 9.68 Å². The maximum Gasteiger partial charge on any atom is 0.348 e. The largest absolute Gasteiger partial charge is 0.465 e. The Hall–Kier alpha value is -3.33. The van der Waals surface area contributed by atoms with E-state index in [1.54, 1.807) is 0 Å². The zero-order valence-corrected chi connectivity index (χ0v) is 11.7. The van der Waals surface area contributed by atoms with Crippen LogP contribution in [-0.2, 0) is 9.53 Å². The summed E-state index contributed by atoms with van der Waals surface area (Å²) < 4.78 is 10.3. The molecule has 2 heterocycles. The molecule has 3 aromatic rings. The molecule has 0 aliphatic rings. The molecular formula is C16H11N3O3. The maximum absolute atomic E-state index is 11.5. The molecule has 1 aromatic carbocycles. The fourth-order valence-electron chi connectivity index (χ4n) is 2.11. The van der Waals surface area contributed by atoms with Crippen LogP contribution in [0.15, 0.2) is 46.5 Å². The van der Waals surface area contributed by atoms with E-state index in [1.807, 2.05) is 36.4 Å². The van der Waals surface area contributed by atoms with Crippen LogP contribution in [0.25, 0.3) is 28.5 Å². The van der Waals surface area contributed by atoms with E-state index in [0.717, 1.165) is 11.0 Å². The number of carbonyl (C=O) groups excluding carboxylic acids is 1. The van der Waals surface area contributed by atoms with Gasteiger partial charge in [0.15, 0.2) is 5.76 Å². The Balaban J connectivity index is 2.07. The van der Waals surface area contributed by atoms with Gasteiger partial charge < -0.3 is 9.15 Å². The zero-order valence-electron chi connectivity index (χ0n) is 11.7. The molecule has 6 nitrogen and oxygen atoms in total. The Morgan fingerprint density at radius 3 is 3.00 bits per heavy atom. The van der Waals surface area contributed by atoms with Crippen molar-refractivity contribution in [2.45, 2.75) is 0 Å². The van der Waals surface area contributed by atoms with Gasteiger partial charge in [0.2, 0.25) is 0 Å². The van der Waals surface area contributed by atoms with E-state index >= 15 is 0 Å². The van der Waals surface area contributed by atoms with Crippen LogP contribution in [-0.4, -0.2) is 23.3 Å². The number of fused-ring (bicyclic) bond motifs is 1. The highest BCUT2D eigenvalue weighted by Crippen LogP contribution is 2.29. The molecule has 3 rings (SSSR count). The first kappa shape index (κ1) is 13.6. The Morgan fingerprint density at radius 2 is 2.27 bits per heavy atom. The van der Waals surface area contributed by atoms with Crippen molar-refractivity contribution in [1.29, 1.82) is 5.26 Å². The third kappa shape index (κ3) is 2.36. The van der Waals surface area contributed by atoms with E-state index in [2.05, 4.69) is 14.9 Å². The van der Waals surface area contributed by atoms with E-state index in [-0.39, 0.29) is 5.57 Å². The SMILES string of the molecule is COC(=O)/C(C#N)=C/c1cn[nH]c1-c1cc2ccccc2o1. The van der Waals surface area contributed by atoms with Crippen molar-refractivity contribution < 1.29 is 13.9 Å². The summed E-state index contributed by atoms with van der Waals surface area (Å²) in [5.74, 6) is -0.119. The first-order valence-electron chi connectivity index (χ1n) is 6.45. The number of esters is 1. The van der Waals surface area contributed by atoms with E-state index in [9.17, 15) is 4.79 Å². The van der Waals surface area contributed by atoms with Crippen molar-refractivity contribution in [3.63, 3.8) is 0 Å². The Kier molecular flexibility index (Phi) is 3.46. The number of para-hydroxylation sites is 1. The van der Waals surface area contributed by atoms with Gasteiger partial charge in [0, 0.05) is 10.9 Å². The van der Waals surface area contributed by atoms with E-state index in [1.165, 1.54) is 19.4 Å². The van der Waals surface area contributed by atoms with Crippen molar-refractivity contribution in [2.24, 2.45) is 0 Å². The third-order valence-electron chi connectivity index (χ3n) is 3.17. The van der Waals surface area contributed by atoms with Gasteiger partial charge in [-0.05, 0) is 18.2 Å². The van der Waals surface area contributed by atoms with E-state index < -0.39 is 5.97 Å². The second-order valence-corrected chi connectivity index (χ2v) is 4.51. The predicted molar refractivity (Wildman–Crippen MR) is 79.4 cm³/mol. The number of nitrogens with zero attached hydrogens (tertiary/aromatic N) is 2. The van der Waals surface area contributed by atoms with Gasteiger partial charge in [0.25, 0.3) is 0 Å².